The number of sulfonamides is 1. The lowest BCUT2D eigenvalue weighted by Crippen LogP contribution is -2.26. The van der Waals surface area contributed by atoms with Crippen molar-refractivity contribution >= 4 is 32.7 Å². The largest absolute Gasteiger partial charge is 0.416 e. The molecule has 0 radical (unpaired) electrons. The smallest absolute Gasteiger partial charge is 0.326 e. The summed E-state index contributed by atoms with van der Waals surface area (Å²) in [5, 5.41) is 7.56. The average molecular weight is 480 g/mol. The molecule has 0 saturated heterocycles. The summed E-state index contributed by atoms with van der Waals surface area (Å²) in [4.78, 5) is 29.0. The number of fused-ring (bicyclic) bond motifs is 1. The summed E-state index contributed by atoms with van der Waals surface area (Å²) >= 11 is 0. The number of nitrogens with two attached hydrogens (primary N) is 1. The average Bonchev–Trinajstić information content (AvgIpc) is 2.73. The fraction of sp³-hybridized carbons (Fsp3) is 0.190. The van der Waals surface area contributed by atoms with Gasteiger partial charge in [-0.25, -0.2) is 18.5 Å². The van der Waals surface area contributed by atoms with E-state index in [1.807, 2.05) is 0 Å². The summed E-state index contributed by atoms with van der Waals surface area (Å²) < 4.78 is 63.1. The van der Waals surface area contributed by atoms with Gasteiger partial charge in [0.05, 0.1) is 21.5 Å². The molecule has 8 nitrogen and oxygen atoms in total. The summed E-state index contributed by atoms with van der Waals surface area (Å²) in [6.07, 6.45) is -3.45. The minimum atomic E-state index is -4.58. The van der Waals surface area contributed by atoms with E-state index in [2.05, 4.69) is 16.9 Å². The SMILES string of the molecule is C=CCn1c(=O)c(CCC(=O)Nc2ccc(S(N)(=O)=O)cc2)nc2cc(C(F)(F)F)ccc21. The van der Waals surface area contributed by atoms with Crippen molar-refractivity contribution < 1.29 is 26.4 Å². The Kier molecular flexibility index (Phi) is 6.70. The van der Waals surface area contributed by atoms with Gasteiger partial charge in [-0.2, -0.15) is 13.2 Å². The van der Waals surface area contributed by atoms with Crippen LogP contribution >= 0.6 is 0 Å². The first kappa shape index (κ1) is 24.1. The van der Waals surface area contributed by atoms with Crippen molar-refractivity contribution in [2.24, 2.45) is 5.14 Å². The lowest BCUT2D eigenvalue weighted by Gasteiger charge is -2.13. The molecular formula is C21H19F3N4O4S. The Bertz CT molecular complexity index is 1380. The molecule has 3 rings (SSSR count). The number of carbonyl (C=O) groups is 1. The van der Waals surface area contributed by atoms with Crippen molar-refractivity contribution in [3.8, 4) is 0 Å². The standard InChI is InChI=1S/C21H19F3N4O4S/c1-2-11-28-18-9-3-13(21(22,23)24)12-17(18)27-16(20(28)30)8-10-19(29)26-14-4-6-15(7-5-14)33(25,31)32/h2-7,9,12H,1,8,10-11H2,(H,26,29)(H2,25,31,32). The van der Waals surface area contributed by atoms with Crippen LogP contribution in [0.3, 0.4) is 0 Å². The molecule has 0 aliphatic heterocycles. The van der Waals surface area contributed by atoms with Gasteiger partial charge in [0.2, 0.25) is 15.9 Å². The number of rotatable bonds is 7. The van der Waals surface area contributed by atoms with E-state index in [0.717, 1.165) is 12.1 Å². The number of hydrogen-bond acceptors (Lipinski definition) is 5. The molecule has 0 saturated carbocycles. The van der Waals surface area contributed by atoms with Gasteiger partial charge < -0.3 is 9.88 Å². The number of carbonyl (C=O) groups excluding carboxylic acids is 1. The molecule has 1 aromatic heterocycles. The van der Waals surface area contributed by atoms with Crippen molar-refractivity contribution in [1.29, 1.82) is 0 Å². The number of alkyl halides is 3. The highest BCUT2D eigenvalue weighted by molar-refractivity contribution is 7.89. The van der Waals surface area contributed by atoms with Gasteiger partial charge in [-0.1, -0.05) is 6.08 Å². The van der Waals surface area contributed by atoms with Crippen LogP contribution in [0.2, 0.25) is 0 Å². The van der Waals surface area contributed by atoms with Gasteiger partial charge in [0, 0.05) is 25.1 Å². The Morgan fingerprint density at radius 1 is 1.18 bits per heavy atom. The third-order valence-electron chi connectivity index (χ3n) is 4.71. The number of primary sulfonamides is 1. The van der Waals surface area contributed by atoms with Crippen LogP contribution in [-0.4, -0.2) is 23.9 Å². The molecule has 0 fully saturated rings. The second-order valence-corrected chi connectivity index (χ2v) is 8.64. The molecule has 1 heterocycles. The number of anilines is 1. The summed E-state index contributed by atoms with van der Waals surface area (Å²) in [5.41, 5.74) is -1.01. The van der Waals surface area contributed by atoms with Crippen LogP contribution in [0.4, 0.5) is 18.9 Å². The third kappa shape index (κ3) is 5.65. The molecule has 0 spiro atoms. The van der Waals surface area contributed by atoms with E-state index in [0.29, 0.717) is 5.69 Å². The maximum atomic E-state index is 13.1. The van der Waals surface area contributed by atoms with Gasteiger partial charge in [0.25, 0.3) is 5.56 Å². The molecule has 0 bridgehead atoms. The third-order valence-corrected chi connectivity index (χ3v) is 5.64. The topological polar surface area (TPSA) is 124 Å². The number of allylic oxidation sites excluding steroid dienone is 1. The molecule has 174 valence electrons. The van der Waals surface area contributed by atoms with Crippen LogP contribution in [-0.2, 0) is 34.0 Å². The zero-order chi connectivity index (χ0) is 24.4. The minimum Gasteiger partial charge on any atom is -0.326 e. The van der Waals surface area contributed by atoms with Gasteiger partial charge in [0.1, 0.15) is 5.69 Å². The fourth-order valence-electron chi connectivity index (χ4n) is 3.13. The molecular weight excluding hydrogens is 461 g/mol. The summed E-state index contributed by atoms with van der Waals surface area (Å²) in [6, 6.07) is 8.05. The Morgan fingerprint density at radius 2 is 1.85 bits per heavy atom. The summed E-state index contributed by atoms with van der Waals surface area (Å²) in [7, 11) is -3.87. The summed E-state index contributed by atoms with van der Waals surface area (Å²) in [6.45, 7) is 3.62. The summed E-state index contributed by atoms with van der Waals surface area (Å²) in [5.74, 6) is -0.501. The Hall–Kier alpha value is -3.51. The van der Waals surface area contributed by atoms with Crippen molar-refractivity contribution in [2.45, 2.75) is 30.5 Å². The lowest BCUT2D eigenvalue weighted by atomic mass is 10.1. The quantitative estimate of drug-likeness (QED) is 0.503. The van der Waals surface area contributed by atoms with Crippen LogP contribution in [0, 0.1) is 0 Å². The monoisotopic (exact) mass is 480 g/mol. The van der Waals surface area contributed by atoms with E-state index in [1.54, 1.807) is 0 Å². The molecule has 3 N–H and O–H groups in total. The van der Waals surface area contributed by atoms with Crippen molar-refractivity contribution in [1.82, 2.24) is 9.55 Å². The number of nitrogens with one attached hydrogen (secondary N) is 1. The maximum Gasteiger partial charge on any atom is 0.416 e. The molecule has 0 unspecified atom stereocenters. The minimum absolute atomic E-state index is 0.0275. The highest BCUT2D eigenvalue weighted by Gasteiger charge is 2.31. The van der Waals surface area contributed by atoms with Gasteiger partial charge >= 0.3 is 6.18 Å². The number of aryl methyl sites for hydroxylation is 1. The van der Waals surface area contributed by atoms with Crippen LogP contribution in [0.5, 0.6) is 0 Å². The second kappa shape index (κ2) is 9.16. The number of benzene rings is 2. The Morgan fingerprint density at radius 3 is 2.42 bits per heavy atom. The molecule has 0 aliphatic carbocycles. The predicted molar refractivity (Wildman–Crippen MR) is 116 cm³/mol. The lowest BCUT2D eigenvalue weighted by molar-refractivity contribution is -0.137. The van der Waals surface area contributed by atoms with E-state index in [4.69, 9.17) is 5.14 Å². The van der Waals surface area contributed by atoms with Gasteiger partial charge in [-0.15, -0.1) is 6.58 Å². The zero-order valence-electron chi connectivity index (χ0n) is 17.1. The number of amides is 1. The van der Waals surface area contributed by atoms with Crippen LogP contribution in [0.15, 0.2) is 64.8 Å². The van der Waals surface area contributed by atoms with Gasteiger partial charge in [-0.3, -0.25) is 9.59 Å². The number of aromatic nitrogens is 2. The Labute approximate surface area is 186 Å². The van der Waals surface area contributed by atoms with E-state index in [-0.39, 0.29) is 41.0 Å². The highest BCUT2D eigenvalue weighted by Crippen LogP contribution is 2.30. The van der Waals surface area contributed by atoms with E-state index in [9.17, 15) is 31.2 Å². The predicted octanol–water partition coefficient (Wildman–Crippen LogP) is 2.82. The van der Waals surface area contributed by atoms with Crippen molar-refractivity contribution in [3.05, 3.63) is 76.7 Å². The molecule has 2 aromatic carbocycles. The Balaban J connectivity index is 1.84. The molecule has 1 amide bonds. The number of nitrogens with zero attached hydrogens (tertiary/aromatic N) is 2. The molecule has 33 heavy (non-hydrogen) atoms. The molecule has 12 heteroatoms. The normalized spacial score (nSPS) is 12.0. The van der Waals surface area contributed by atoms with E-state index < -0.39 is 33.2 Å². The first-order valence-corrected chi connectivity index (χ1v) is 11.1. The fourth-order valence-corrected chi connectivity index (χ4v) is 3.65. The molecule has 0 atom stereocenters. The number of halogens is 3. The van der Waals surface area contributed by atoms with Crippen molar-refractivity contribution in [3.63, 3.8) is 0 Å². The van der Waals surface area contributed by atoms with Crippen LogP contribution in [0.25, 0.3) is 11.0 Å². The van der Waals surface area contributed by atoms with E-state index >= 15 is 0 Å². The highest BCUT2D eigenvalue weighted by atomic mass is 32.2. The maximum absolute atomic E-state index is 13.1. The number of hydrogen-bond donors (Lipinski definition) is 2. The molecule has 3 aromatic rings. The first-order valence-electron chi connectivity index (χ1n) is 9.54. The van der Waals surface area contributed by atoms with Gasteiger partial charge in [0.15, 0.2) is 0 Å². The second-order valence-electron chi connectivity index (χ2n) is 7.08. The zero-order valence-corrected chi connectivity index (χ0v) is 17.9. The van der Waals surface area contributed by atoms with Crippen LogP contribution < -0.4 is 16.0 Å². The molecule has 0 aliphatic rings. The van der Waals surface area contributed by atoms with Gasteiger partial charge in [-0.05, 0) is 42.5 Å². The van der Waals surface area contributed by atoms with E-state index in [1.165, 1.54) is 41.0 Å². The first-order chi connectivity index (χ1) is 15.4. The van der Waals surface area contributed by atoms with Crippen LogP contribution in [0.1, 0.15) is 17.7 Å². The van der Waals surface area contributed by atoms with Crippen molar-refractivity contribution in [2.75, 3.05) is 5.32 Å².